The van der Waals surface area contributed by atoms with Crippen molar-refractivity contribution in [3.05, 3.63) is 95.2 Å². The van der Waals surface area contributed by atoms with Gasteiger partial charge in [0.15, 0.2) is 0 Å². The van der Waals surface area contributed by atoms with E-state index in [-0.39, 0.29) is 18.5 Å². The van der Waals surface area contributed by atoms with Crippen molar-refractivity contribution in [1.82, 2.24) is 19.9 Å². The third-order valence-electron chi connectivity index (χ3n) is 7.36. The lowest BCUT2D eigenvalue weighted by molar-refractivity contribution is -0.122. The van der Waals surface area contributed by atoms with Crippen molar-refractivity contribution >= 4 is 11.6 Å². The number of hydrogen-bond acceptors (Lipinski definition) is 7. The molecule has 1 fully saturated rings. The number of imidazole rings is 1. The predicted molar refractivity (Wildman–Crippen MR) is 161 cm³/mol. The van der Waals surface area contributed by atoms with Gasteiger partial charge in [0, 0.05) is 31.0 Å². The molecule has 3 heterocycles. The van der Waals surface area contributed by atoms with Gasteiger partial charge < -0.3 is 19.4 Å². The zero-order chi connectivity index (χ0) is 29.5. The van der Waals surface area contributed by atoms with Crippen molar-refractivity contribution in [3.63, 3.8) is 0 Å². The van der Waals surface area contributed by atoms with Crippen molar-refractivity contribution in [2.75, 3.05) is 31.1 Å². The van der Waals surface area contributed by atoms with Crippen molar-refractivity contribution in [2.24, 2.45) is 0 Å². The van der Waals surface area contributed by atoms with Crippen LogP contribution >= 0.6 is 0 Å². The van der Waals surface area contributed by atoms with E-state index in [0.717, 1.165) is 47.1 Å². The molecular weight excluding hydrogens is 528 g/mol. The van der Waals surface area contributed by atoms with E-state index in [9.17, 15) is 10.1 Å². The first-order chi connectivity index (χ1) is 20.4. The van der Waals surface area contributed by atoms with E-state index in [0.29, 0.717) is 43.3 Å². The van der Waals surface area contributed by atoms with Crippen LogP contribution < -0.4 is 14.4 Å². The zero-order valence-corrected chi connectivity index (χ0v) is 24.3. The topological polar surface area (TPSA) is 107 Å². The standard InChI is InChI=1S/C33H36N6O3/c1-4-5-17-41-30-11-7-6-10-28(30)39-16-15-38(22-33(39)40)29(27-21-35-24(3)37-27)18-25-13-14-26(20-34)31(19-25)42-32-12-8-9-23(2)36-32/h6-14,19,21,29H,4-5,15-18,22H2,1-3H3,(H,35,37). The van der Waals surface area contributed by atoms with Gasteiger partial charge in [-0.2, -0.15) is 5.26 Å². The number of rotatable bonds is 11. The van der Waals surface area contributed by atoms with Crippen LogP contribution in [0, 0.1) is 25.2 Å². The first-order valence-corrected chi connectivity index (χ1v) is 14.4. The molecule has 1 unspecified atom stereocenters. The van der Waals surface area contributed by atoms with Gasteiger partial charge in [-0.05, 0) is 62.6 Å². The molecule has 1 saturated heterocycles. The summed E-state index contributed by atoms with van der Waals surface area (Å²) in [5.41, 5.74) is 3.98. The Morgan fingerprint density at radius 1 is 1.07 bits per heavy atom. The fraction of sp³-hybridized carbons (Fsp3) is 0.333. The SMILES string of the molecule is CCCCOc1ccccc1N1CCN(C(Cc2ccc(C#N)c(Oc3cccc(C)n3)c2)c2cnc(C)[nH]2)CC1=O. The summed E-state index contributed by atoms with van der Waals surface area (Å²) in [6.45, 7) is 8.02. The van der Waals surface area contributed by atoms with E-state index in [1.165, 1.54) is 0 Å². The van der Waals surface area contributed by atoms with E-state index in [2.05, 4.69) is 32.8 Å². The minimum Gasteiger partial charge on any atom is -0.491 e. The van der Waals surface area contributed by atoms with E-state index in [4.69, 9.17) is 9.47 Å². The van der Waals surface area contributed by atoms with Gasteiger partial charge in [-0.25, -0.2) is 9.97 Å². The number of aryl methyl sites for hydroxylation is 2. The number of hydrogen-bond donors (Lipinski definition) is 1. The fourth-order valence-electron chi connectivity index (χ4n) is 5.17. The Morgan fingerprint density at radius 3 is 2.67 bits per heavy atom. The minimum atomic E-state index is -0.133. The number of H-pyrrole nitrogens is 1. The lowest BCUT2D eigenvalue weighted by atomic mass is 9.99. The molecule has 9 heteroatoms. The summed E-state index contributed by atoms with van der Waals surface area (Å²) in [4.78, 5) is 29.8. The average Bonchev–Trinajstić information content (AvgIpc) is 3.42. The van der Waals surface area contributed by atoms with E-state index >= 15 is 0 Å². The van der Waals surface area contributed by atoms with E-state index in [1.807, 2.05) is 73.5 Å². The molecule has 0 spiro atoms. The molecule has 1 N–H and O–H groups in total. The number of unbranched alkanes of at least 4 members (excludes halogenated alkanes) is 1. The van der Waals surface area contributed by atoms with Gasteiger partial charge in [0.2, 0.25) is 11.8 Å². The number of benzene rings is 2. The normalized spacial score (nSPS) is 14.4. The number of para-hydroxylation sites is 2. The Labute approximate surface area is 246 Å². The molecule has 42 heavy (non-hydrogen) atoms. The molecule has 1 atom stereocenters. The molecule has 9 nitrogen and oxygen atoms in total. The van der Waals surface area contributed by atoms with Crippen LogP contribution in [-0.2, 0) is 11.2 Å². The van der Waals surface area contributed by atoms with Crippen LogP contribution in [0.4, 0.5) is 5.69 Å². The van der Waals surface area contributed by atoms with Crippen LogP contribution in [0.3, 0.4) is 0 Å². The Balaban J connectivity index is 1.37. The highest BCUT2D eigenvalue weighted by molar-refractivity contribution is 5.97. The molecule has 1 aliphatic rings. The Kier molecular flexibility index (Phi) is 9.15. The van der Waals surface area contributed by atoms with Gasteiger partial charge in [0.05, 0.1) is 36.1 Å². The molecule has 0 saturated carbocycles. The maximum Gasteiger partial charge on any atom is 0.241 e. The Hall–Kier alpha value is -4.68. The number of aromatic amines is 1. The van der Waals surface area contributed by atoms with Gasteiger partial charge in [-0.15, -0.1) is 0 Å². The Morgan fingerprint density at radius 2 is 1.93 bits per heavy atom. The fourth-order valence-corrected chi connectivity index (χ4v) is 5.17. The van der Waals surface area contributed by atoms with Crippen LogP contribution in [0.1, 0.15) is 54.1 Å². The quantitative estimate of drug-likeness (QED) is 0.226. The van der Waals surface area contributed by atoms with Crippen LogP contribution in [0.25, 0.3) is 0 Å². The molecule has 1 aliphatic heterocycles. The number of nitrogens with one attached hydrogen (secondary N) is 1. The van der Waals surface area contributed by atoms with Gasteiger partial charge in [0.1, 0.15) is 23.4 Å². The Bertz CT molecular complexity index is 1580. The highest BCUT2D eigenvalue weighted by atomic mass is 16.5. The molecule has 0 aliphatic carbocycles. The summed E-state index contributed by atoms with van der Waals surface area (Å²) < 4.78 is 12.1. The van der Waals surface area contributed by atoms with Crippen LogP contribution in [0.5, 0.6) is 17.4 Å². The van der Waals surface area contributed by atoms with Crippen molar-refractivity contribution in [1.29, 1.82) is 5.26 Å². The highest BCUT2D eigenvalue weighted by Gasteiger charge is 2.32. The zero-order valence-electron chi connectivity index (χ0n) is 24.3. The maximum absolute atomic E-state index is 13.6. The second-order valence-corrected chi connectivity index (χ2v) is 10.5. The lowest BCUT2D eigenvalue weighted by Crippen LogP contribution is -2.52. The largest absolute Gasteiger partial charge is 0.491 e. The third-order valence-corrected chi connectivity index (χ3v) is 7.36. The van der Waals surface area contributed by atoms with Crippen molar-refractivity contribution in [2.45, 2.75) is 46.1 Å². The molecule has 5 rings (SSSR count). The molecule has 0 radical (unpaired) electrons. The number of anilines is 1. The molecule has 216 valence electrons. The maximum atomic E-state index is 13.6. The first kappa shape index (κ1) is 28.8. The minimum absolute atomic E-state index is 0.0170. The number of nitriles is 1. The second kappa shape index (κ2) is 13.3. The summed E-state index contributed by atoms with van der Waals surface area (Å²) in [6.07, 6.45) is 4.44. The molecule has 1 amide bonds. The van der Waals surface area contributed by atoms with Gasteiger partial charge in [-0.3, -0.25) is 9.69 Å². The van der Waals surface area contributed by atoms with Crippen LogP contribution in [0.15, 0.2) is 66.9 Å². The second-order valence-electron chi connectivity index (χ2n) is 10.5. The smallest absolute Gasteiger partial charge is 0.241 e. The number of amides is 1. The molecule has 4 aromatic rings. The molecule has 2 aromatic heterocycles. The number of piperazine rings is 1. The number of pyridine rings is 1. The monoisotopic (exact) mass is 564 g/mol. The summed E-state index contributed by atoms with van der Waals surface area (Å²) >= 11 is 0. The van der Waals surface area contributed by atoms with Crippen LogP contribution in [0.2, 0.25) is 0 Å². The van der Waals surface area contributed by atoms with Gasteiger partial charge in [-0.1, -0.05) is 37.6 Å². The number of carbonyl (C=O) groups is 1. The summed E-state index contributed by atoms with van der Waals surface area (Å²) in [6, 6.07) is 21.0. The molecule has 2 aromatic carbocycles. The van der Waals surface area contributed by atoms with E-state index < -0.39 is 0 Å². The van der Waals surface area contributed by atoms with Gasteiger partial charge in [0.25, 0.3) is 0 Å². The summed E-state index contributed by atoms with van der Waals surface area (Å²) in [7, 11) is 0. The number of aromatic nitrogens is 3. The predicted octanol–water partition coefficient (Wildman–Crippen LogP) is 5.90. The average molecular weight is 565 g/mol. The summed E-state index contributed by atoms with van der Waals surface area (Å²) in [5, 5.41) is 9.71. The third kappa shape index (κ3) is 6.78. The number of ether oxygens (including phenoxy) is 2. The first-order valence-electron chi connectivity index (χ1n) is 14.4. The molecule has 0 bridgehead atoms. The van der Waals surface area contributed by atoms with Gasteiger partial charge >= 0.3 is 0 Å². The van der Waals surface area contributed by atoms with Crippen LogP contribution in [-0.4, -0.2) is 52.0 Å². The molecular formula is C33H36N6O3. The summed E-state index contributed by atoms with van der Waals surface area (Å²) in [5.74, 6) is 2.45. The van der Waals surface area contributed by atoms with E-state index in [1.54, 1.807) is 12.1 Å². The van der Waals surface area contributed by atoms with Crippen molar-refractivity contribution < 1.29 is 14.3 Å². The van der Waals surface area contributed by atoms with Crippen molar-refractivity contribution in [3.8, 4) is 23.4 Å². The highest BCUT2D eigenvalue weighted by Crippen LogP contribution is 2.33. The lowest BCUT2D eigenvalue weighted by Gasteiger charge is -2.39. The number of carbonyl (C=O) groups excluding carboxylic acids is 1. The number of nitrogens with zero attached hydrogens (tertiary/aromatic N) is 5.